The number of anilines is 1. The zero-order valence-corrected chi connectivity index (χ0v) is 20.5. The predicted molar refractivity (Wildman–Crippen MR) is 135 cm³/mol. The number of imidazole rings is 1. The maximum atomic E-state index is 13.5. The molecule has 182 valence electrons. The van der Waals surface area contributed by atoms with Crippen molar-refractivity contribution in [3.05, 3.63) is 59.3 Å². The number of hydrogen-bond donors (Lipinski definition) is 2. The normalized spacial score (nSPS) is 15.5. The first-order valence-corrected chi connectivity index (χ1v) is 11.8. The number of H-pyrrole nitrogens is 1. The molecule has 4 aromatic rings. The Labute approximate surface area is 204 Å². The number of rotatable bonds is 7. The summed E-state index contributed by atoms with van der Waals surface area (Å²) in [5.74, 6) is 2.25. The van der Waals surface area contributed by atoms with Crippen LogP contribution in [0.5, 0.6) is 11.5 Å². The summed E-state index contributed by atoms with van der Waals surface area (Å²) in [6.07, 6.45) is 2.16. The number of carbonyl (C=O) groups is 1. The molecule has 1 saturated heterocycles. The highest BCUT2D eigenvalue weighted by Gasteiger charge is 2.26. The number of amides is 1. The Hall–Kier alpha value is -3.78. The lowest BCUT2D eigenvalue weighted by Gasteiger charge is -2.17. The summed E-state index contributed by atoms with van der Waals surface area (Å²) in [5.41, 5.74) is 5.30. The van der Waals surface area contributed by atoms with E-state index in [9.17, 15) is 4.79 Å². The van der Waals surface area contributed by atoms with E-state index in [0.717, 1.165) is 53.1 Å². The van der Waals surface area contributed by atoms with Crippen molar-refractivity contribution in [2.24, 2.45) is 0 Å². The largest absolute Gasteiger partial charge is 0.493 e. The van der Waals surface area contributed by atoms with Crippen molar-refractivity contribution in [1.29, 1.82) is 0 Å². The Bertz CT molecular complexity index is 1350. The fraction of sp³-hybridized carbons (Fsp3) is 0.333. The lowest BCUT2D eigenvalue weighted by molar-refractivity contribution is 0.0962. The minimum Gasteiger partial charge on any atom is -0.493 e. The molecule has 0 radical (unpaired) electrons. The van der Waals surface area contributed by atoms with Crippen LogP contribution in [0, 0.1) is 13.8 Å². The van der Waals surface area contributed by atoms with Crippen LogP contribution in [0.15, 0.2) is 42.5 Å². The van der Waals surface area contributed by atoms with Crippen LogP contribution in [0.1, 0.15) is 34.5 Å². The second-order valence-electron chi connectivity index (χ2n) is 8.81. The molecule has 3 heterocycles. The van der Waals surface area contributed by atoms with E-state index in [2.05, 4.69) is 28.7 Å². The van der Waals surface area contributed by atoms with Gasteiger partial charge in [-0.3, -0.25) is 4.79 Å². The lowest BCUT2D eigenvalue weighted by atomic mass is 10.1. The van der Waals surface area contributed by atoms with Crippen LogP contribution in [0.2, 0.25) is 0 Å². The SMILES string of the molecule is COc1ccc(C(=O)Nc2c(-c3nc4ccccc4[nH]3)c(C)c(C)n2CC2CCCO2)cc1OC. The molecular weight excluding hydrogens is 444 g/mol. The fourth-order valence-corrected chi connectivity index (χ4v) is 4.73. The molecule has 1 amide bonds. The van der Waals surface area contributed by atoms with Gasteiger partial charge >= 0.3 is 0 Å². The minimum atomic E-state index is -0.241. The molecule has 0 aliphatic carbocycles. The summed E-state index contributed by atoms with van der Waals surface area (Å²) in [5, 5.41) is 3.17. The van der Waals surface area contributed by atoms with Crippen molar-refractivity contribution >= 4 is 22.8 Å². The highest BCUT2D eigenvalue weighted by Crippen LogP contribution is 2.37. The van der Waals surface area contributed by atoms with Gasteiger partial charge in [0.1, 0.15) is 11.6 Å². The number of methoxy groups -OCH3 is 2. The van der Waals surface area contributed by atoms with E-state index in [-0.39, 0.29) is 12.0 Å². The van der Waals surface area contributed by atoms with Gasteiger partial charge in [0.25, 0.3) is 5.91 Å². The molecule has 1 fully saturated rings. The van der Waals surface area contributed by atoms with Crippen LogP contribution in [0.3, 0.4) is 0 Å². The van der Waals surface area contributed by atoms with Gasteiger partial charge in [-0.15, -0.1) is 0 Å². The summed E-state index contributed by atoms with van der Waals surface area (Å²) >= 11 is 0. The van der Waals surface area contributed by atoms with Gasteiger partial charge in [-0.2, -0.15) is 0 Å². The molecule has 1 unspecified atom stereocenters. The third-order valence-corrected chi connectivity index (χ3v) is 6.74. The monoisotopic (exact) mass is 474 g/mol. The van der Waals surface area contributed by atoms with Crippen LogP contribution < -0.4 is 14.8 Å². The van der Waals surface area contributed by atoms with Gasteiger partial charge in [-0.25, -0.2) is 4.98 Å². The zero-order chi connectivity index (χ0) is 24.5. The second kappa shape index (κ2) is 9.46. The van der Waals surface area contributed by atoms with E-state index < -0.39 is 0 Å². The van der Waals surface area contributed by atoms with Crippen molar-refractivity contribution in [2.75, 3.05) is 26.1 Å². The van der Waals surface area contributed by atoms with Crippen molar-refractivity contribution in [3.8, 4) is 22.9 Å². The van der Waals surface area contributed by atoms with E-state index >= 15 is 0 Å². The first-order chi connectivity index (χ1) is 17.0. The molecule has 0 bridgehead atoms. The first-order valence-electron chi connectivity index (χ1n) is 11.8. The molecule has 1 atom stereocenters. The number of aromatic nitrogens is 3. The smallest absolute Gasteiger partial charge is 0.256 e. The average Bonchev–Trinajstić information content (AvgIpc) is 3.59. The van der Waals surface area contributed by atoms with E-state index in [1.165, 1.54) is 0 Å². The summed E-state index contributed by atoms with van der Waals surface area (Å²) in [6.45, 7) is 5.57. The minimum absolute atomic E-state index is 0.112. The number of nitrogens with one attached hydrogen (secondary N) is 2. The van der Waals surface area contributed by atoms with Gasteiger partial charge in [-0.05, 0) is 62.6 Å². The molecule has 2 N–H and O–H groups in total. The highest BCUT2D eigenvalue weighted by atomic mass is 16.5. The summed E-state index contributed by atoms with van der Waals surface area (Å²) < 4.78 is 18.8. The fourth-order valence-electron chi connectivity index (χ4n) is 4.73. The predicted octanol–water partition coefficient (Wildman–Crippen LogP) is 5.10. The van der Waals surface area contributed by atoms with Crippen molar-refractivity contribution in [3.63, 3.8) is 0 Å². The zero-order valence-electron chi connectivity index (χ0n) is 20.5. The van der Waals surface area contributed by atoms with E-state index in [0.29, 0.717) is 29.4 Å². The lowest BCUT2D eigenvalue weighted by Crippen LogP contribution is -2.21. The van der Waals surface area contributed by atoms with E-state index in [4.69, 9.17) is 19.2 Å². The Morgan fingerprint density at radius 1 is 1.17 bits per heavy atom. The summed E-state index contributed by atoms with van der Waals surface area (Å²) in [7, 11) is 3.12. The molecule has 5 rings (SSSR count). The molecule has 8 heteroatoms. The highest BCUT2D eigenvalue weighted by molar-refractivity contribution is 6.06. The van der Waals surface area contributed by atoms with Crippen LogP contribution in [0.25, 0.3) is 22.4 Å². The van der Waals surface area contributed by atoms with Gasteiger partial charge in [0.2, 0.25) is 0 Å². The Morgan fingerprint density at radius 2 is 1.97 bits per heavy atom. The molecular formula is C27H30N4O4. The average molecular weight is 475 g/mol. The summed E-state index contributed by atoms with van der Waals surface area (Å²) in [6, 6.07) is 13.1. The number of nitrogens with zero attached hydrogens (tertiary/aromatic N) is 2. The Morgan fingerprint density at radius 3 is 2.69 bits per heavy atom. The molecule has 0 spiro atoms. The van der Waals surface area contributed by atoms with Crippen LogP contribution in [-0.4, -0.2) is 47.4 Å². The Kier molecular flexibility index (Phi) is 6.21. The maximum absolute atomic E-state index is 13.5. The van der Waals surface area contributed by atoms with Gasteiger partial charge in [-0.1, -0.05) is 12.1 Å². The maximum Gasteiger partial charge on any atom is 0.256 e. The number of carbonyl (C=O) groups excluding carboxylic acids is 1. The third-order valence-electron chi connectivity index (χ3n) is 6.74. The van der Waals surface area contributed by atoms with Crippen LogP contribution in [-0.2, 0) is 11.3 Å². The molecule has 1 aliphatic rings. The van der Waals surface area contributed by atoms with Crippen LogP contribution in [0.4, 0.5) is 5.82 Å². The number of para-hydroxylation sites is 2. The molecule has 35 heavy (non-hydrogen) atoms. The second-order valence-corrected chi connectivity index (χ2v) is 8.81. The third kappa shape index (κ3) is 4.25. The van der Waals surface area contributed by atoms with E-state index in [1.54, 1.807) is 32.4 Å². The molecule has 2 aromatic carbocycles. The standard InChI is InChI=1S/C27H30N4O4/c1-16-17(2)31(15-19-8-7-13-35-19)26(24(16)25-28-20-9-5-6-10-21(20)29-25)30-27(32)18-11-12-22(33-3)23(14-18)34-4/h5-6,9-12,14,19H,7-8,13,15H2,1-4H3,(H,28,29)(H,30,32). The first kappa shape index (κ1) is 23.0. The Balaban J connectivity index is 1.59. The van der Waals surface area contributed by atoms with Crippen LogP contribution >= 0.6 is 0 Å². The van der Waals surface area contributed by atoms with Crippen molar-refractivity contribution in [2.45, 2.75) is 39.3 Å². The number of aromatic amines is 1. The van der Waals surface area contributed by atoms with Gasteiger partial charge < -0.3 is 29.1 Å². The number of fused-ring (bicyclic) bond motifs is 1. The van der Waals surface area contributed by atoms with Gasteiger partial charge in [0, 0.05) is 17.9 Å². The number of hydrogen-bond acceptors (Lipinski definition) is 5. The van der Waals surface area contributed by atoms with Crippen molar-refractivity contribution in [1.82, 2.24) is 14.5 Å². The molecule has 8 nitrogen and oxygen atoms in total. The van der Waals surface area contributed by atoms with Gasteiger partial charge in [0.15, 0.2) is 11.5 Å². The summed E-state index contributed by atoms with van der Waals surface area (Å²) in [4.78, 5) is 21.7. The van der Waals surface area contributed by atoms with Gasteiger partial charge in [0.05, 0.1) is 43.5 Å². The number of ether oxygens (including phenoxy) is 3. The molecule has 2 aromatic heterocycles. The molecule has 0 saturated carbocycles. The topological polar surface area (TPSA) is 90.4 Å². The molecule has 1 aliphatic heterocycles. The quantitative estimate of drug-likeness (QED) is 0.389. The number of benzene rings is 2. The van der Waals surface area contributed by atoms with E-state index in [1.807, 2.05) is 24.3 Å². The van der Waals surface area contributed by atoms with Crippen molar-refractivity contribution < 1.29 is 19.0 Å².